The average Bonchev–Trinajstić information content (AvgIpc) is 3.58. The molecule has 3 heterocycles. The van der Waals surface area contributed by atoms with Gasteiger partial charge in [0.2, 0.25) is 11.8 Å². The first-order valence-electron chi connectivity index (χ1n) is 12.1. The van der Waals surface area contributed by atoms with Crippen LogP contribution in [0.2, 0.25) is 0 Å². The van der Waals surface area contributed by atoms with Gasteiger partial charge in [0.25, 0.3) is 0 Å². The van der Waals surface area contributed by atoms with Crippen molar-refractivity contribution in [1.29, 1.82) is 0 Å². The van der Waals surface area contributed by atoms with Gasteiger partial charge in [-0.3, -0.25) is 14.5 Å². The topological polar surface area (TPSA) is 76.5 Å². The number of fused-ring (bicyclic) bond motifs is 1. The summed E-state index contributed by atoms with van der Waals surface area (Å²) >= 11 is 3.20. The maximum absolute atomic E-state index is 13.6. The maximum Gasteiger partial charge on any atom is 0.240 e. The Bertz CT molecular complexity index is 1370. The van der Waals surface area contributed by atoms with Gasteiger partial charge in [-0.05, 0) is 53.1 Å². The first-order valence-corrected chi connectivity index (χ1v) is 14.1. The third-order valence-corrected chi connectivity index (χ3v) is 8.13. The van der Waals surface area contributed by atoms with Crippen LogP contribution < -0.4 is 15.0 Å². The molecule has 7 nitrogen and oxygen atoms in total. The van der Waals surface area contributed by atoms with E-state index in [9.17, 15) is 9.59 Å². The SMILES string of the molecule is CCCNC(=O)CN1C(=O)CS[C@@H](c2ccsc2)c2c(-c3ccccc3)nn(-c3ccc(OC)cc3)c21. The fourth-order valence-corrected chi connectivity index (χ4v) is 6.34. The number of carbonyl (C=O) groups is 2. The standard InChI is InChI=1S/C28H28N4O3S2/c1-3-14-29-23(33)16-31-24(34)18-37-27(20-13-15-36-17-20)25-26(19-7-5-4-6-8-19)30-32(28(25)31)21-9-11-22(35-2)12-10-21/h4-13,15,17,27H,3,14,16,18H2,1-2H3,(H,29,33)/t27-/m0/s1. The van der Waals surface area contributed by atoms with Gasteiger partial charge in [-0.15, -0.1) is 11.8 Å². The summed E-state index contributed by atoms with van der Waals surface area (Å²) in [4.78, 5) is 28.1. The summed E-state index contributed by atoms with van der Waals surface area (Å²) in [6.45, 7) is 2.49. The number of amides is 2. The molecule has 1 N–H and O–H groups in total. The molecular weight excluding hydrogens is 504 g/mol. The van der Waals surface area contributed by atoms with E-state index in [0.717, 1.165) is 40.2 Å². The molecule has 4 aromatic rings. The van der Waals surface area contributed by atoms with Gasteiger partial charge < -0.3 is 10.1 Å². The van der Waals surface area contributed by atoms with Crippen LogP contribution in [0.15, 0.2) is 71.4 Å². The molecule has 1 aliphatic heterocycles. The number of benzene rings is 2. The van der Waals surface area contributed by atoms with E-state index in [2.05, 4.69) is 16.8 Å². The van der Waals surface area contributed by atoms with Crippen LogP contribution in [0, 0.1) is 0 Å². The lowest BCUT2D eigenvalue weighted by atomic mass is 10.0. The number of thioether (sulfide) groups is 1. The van der Waals surface area contributed by atoms with E-state index in [4.69, 9.17) is 9.84 Å². The fraction of sp³-hybridized carbons (Fsp3) is 0.250. The van der Waals surface area contributed by atoms with Gasteiger partial charge in [0, 0.05) is 17.7 Å². The molecule has 0 saturated heterocycles. The van der Waals surface area contributed by atoms with Crippen molar-refractivity contribution < 1.29 is 14.3 Å². The van der Waals surface area contributed by atoms with Gasteiger partial charge in [-0.1, -0.05) is 37.3 Å². The highest BCUT2D eigenvalue weighted by Crippen LogP contribution is 2.48. The van der Waals surface area contributed by atoms with Crippen LogP contribution in [-0.4, -0.2) is 47.5 Å². The number of hydrogen-bond acceptors (Lipinski definition) is 6. The Morgan fingerprint density at radius 3 is 2.59 bits per heavy atom. The van der Waals surface area contributed by atoms with Crippen molar-refractivity contribution >= 4 is 40.7 Å². The zero-order chi connectivity index (χ0) is 25.8. The van der Waals surface area contributed by atoms with E-state index in [1.165, 1.54) is 0 Å². The molecule has 0 spiro atoms. The molecule has 9 heteroatoms. The van der Waals surface area contributed by atoms with Crippen molar-refractivity contribution in [2.24, 2.45) is 0 Å². The largest absolute Gasteiger partial charge is 0.497 e. The third-order valence-electron chi connectivity index (χ3n) is 6.17. The van der Waals surface area contributed by atoms with Crippen molar-refractivity contribution in [3.63, 3.8) is 0 Å². The molecule has 0 fully saturated rings. The van der Waals surface area contributed by atoms with Crippen molar-refractivity contribution in [1.82, 2.24) is 15.1 Å². The zero-order valence-corrected chi connectivity index (χ0v) is 22.3. The summed E-state index contributed by atoms with van der Waals surface area (Å²) < 4.78 is 7.16. The summed E-state index contributed by atoms with van der Waals surface area (Å²) in [5, 5.41) is 12.1. The molecule has 2 aromatic heterocycles. The molecule has 0 bridgehead atoms. The van der Waals surface area contributed by atoms with Gasteiger partial charge in [0.05, 0.1) is 29.5 Å². The Morgan fingerprint density at radius 1 is 1.14 bits per heavy atom. The molecule has 2 aromatic carbocycles. The van der Waals surface area contributed by atoms with Gasteiger partial charge in [-0.25, -0.2) is 4.68 Å². The molecule has 190 valence electrons. The number of nitrogens with zero attached hydrogens (tertiary/aromatic N) is 3. The molecule has 0 unspecified atom stereocenters. The summed E-state index contributed by atoms with van der Waals surface area (Å²) in [6, 6.07) is 19.7. The van der Waals surface area contributed by atoms with E-state index in [0.29, 0.717) is 12.4 Å². The molecule has 0 saturated carbocycles. The van der Waals surface area contributed by atoms with E-state index in [1.807, 2.05) is 66.9 Å². The Labute approximate surface area is 224 Å². The van der Waals surface area contributed by atoms with Crippen molar-refractivity contribution in [2.45, 2.75) is 18.6 Å². The Morgan fingerprint density at radius 2 is 1.92 bits per heavy atom. The summed E-state index contributed by atoms with van der Waals surface area (Å²) in [5.41, 5.74) is 4.58. The highest BCUT2D eigenvalue weighted by atomic mass is 32.2. The first kappa shape index (κ1) is 25.1. The summed E-state index contributed by atoms with van der Waals surface area (Å²) in [7, 11) is 1.63. The van der Waals surface area contributed by atoms with Crippen molar-refractivity contribution in [3.8, 4) is 22.7 Å². The van der Waals surface area contributed by atoms with E-state index in [1.54, 1.807) is 39.8 Å². The highest BCUT2D eigenvalue weighted by Gasteiger charge is 2.37. The second-order valence-electron chi connectivity index (χ2n) is 8.64. The molecule has 0 aliphatic carbocycles. The van der Waals surface area contributed by atoms with E-state index in [-0.39, 0.29) is 29.4 Å². The van der Waals surface area contributed by atoms with Crippen LogP contribution in [0.3, 0.4) is 0 Å². The monoisotopic (exact) mass is 532 g/mol. The maximum atomic E-state index is 13.6. The minimum atomic E-state index is -0.191. The number of rotatable bonds is 8. The molecule has 1 atom stereocenters. The minimum Gasteiger partial charge on any atom is -0.497 e. The predicted octanol–water partition coefficient (Wildman–Crippen LogP) is 5.30. The van der Waals surface area contributed by atoms with Crippen molar-refractivity contribution in [3.05, 3.63) is 82.6 Å². The molecule has 0 radical (unpaired) electrons. The van der Waals surface area contributed by atoms with Gasteiger partial charge in [0.15, 0.2) is 0 Å². The smallest absolute Gasteiger partial charge is 0.240 e. The van der Waals surface area contributed by atoms with Crippen LogP contribution in [0.5, 0.6) is 5.75 Å². The number of carbonyl (C=O) groups excluding carboxylic acids is 2. The van der Waals surface area contributed by atoms with Gasteiger partial charge in [-0.2, -0.15) is 16.4 Å². The molecule has 5 rings (SSSR count). The van der Waals surface area contributed by atoms with E-state index < -0.39 is 0 Å². The Balaban J connectivity index is 1.76. The Kier molecular flexibility index (Phi) is 7.62. The summed E-state index contributed by atoms with van der Waals surface area (Å²) in [5.74, 6) is 1.30. The minimum absolute atomic E-state index is 0.0706. The van der Waals surface area contributed by atoms with Gasteiger partial charge in [0.1, 0.15) is 18.1 Å². The zero-order valence-electron chi connectivity index (χ0n) is 20.7. The first-order chi connectivity index (χ1) is 18.1. The second-order valence-corrected chi connectivity index (χ2v) is 10.5. The molecule has 1 aliphatic rings. The fourth-order valence-electron chi connectivity index (χ4n) is 4.38. The number of anilines is 1. The lowest BCUT2D eigenvalue weighted by Gasteiger charge is -2.23. The lowest BCUT2D eigenvalue weighted by molar-refractivity contribution is -0.122. The van der Waals surface area contributed by atoms with Crippen LogP contribution in [0.25, 0.3) is 16.9 Å². The Hall–Kier alpha value is -3.56. The highest BCUT2D eigenvalue weighted by molar-refractivity contribution is 8.00. The normalized spacial score (nSPS) is 15.2. The number of hydrogen-bond donors (Lipinski definition) is 1. The number of methoxy groups -OCH3 is 1. The predicted molar refractivity (Wildman–Crippen MR) is 150 cm³/mol. The second kappa shape index (κ2) is 11.2. The quantitative estimate of drug-likeness (QED) is 0.333. The number of aromatic nitrogens is 2. The van der Waals surface area contributed by atoms with E-state index >= 15 is 0 Å². The van der Waals surface area contributed by atoms with Gasteiger partial charge >= 0.3 is 0 Å². The van der Waals surface area contributed by atoms with Crippen LogP contribution >= 0.6 is 23.1 Å². The molecule has 2 amide bonds. The molecular formula is C28H28N4O3S2. The summed E-state index contributed by atoms with van der Waals surface area (Å²) in [6.07, 6.45) is 0.822. The average molecular weight is 533 g/mol. The van der Waals surface area contributed by atoms with Crippen molar-refractivity contribution in [2.75, 3.05) is 30.9 Å². The number of thiophene rings is 1. The van der Waals surface area contributed by atoms with Crippen LogP contribution in [0.4, 0.5) is 5.82 Å². The third kappa shape index (κ3) is 5.14. The number of nitrogens with one attached hydrogen (secondary N) is 1. The lowest BCUT2D eigenvalue weighted by Crippen LogP contribution is -2.42. The van der Waals surface area contributed by atoms with Crippen LogP contribution in [-0.2, 0) is 9.59 Å². The number of ether oxygens (including phenoxy) is 1. The van der Waals surface area contributed by atoms with Crippen LogP contribution in [0.1, 0.15) is 29.7 Å². The molecule has 37 heavy (non-hydrogen) atoms.